The largest absolute Gasteiger partial charge is 0.313 e. The summed E-state index contributed by atoms with van der Waals surface area (Å²) < 4.78 is 12.5. The molecule has 0 amide bonds. The molecule has 0 radical (unpaired) electrons. The second-order valence-corrected chi connectivity index (χ2v) is 6.77. The normalized spacial score (nSPS) is 16.0. The van der Waals surface area contributed by atoms with Gasteiger partial charge >= 0.3 is 0 Å². The first-order chi connectivity index (χ1) is 9.08. The zero-order valence-electron chi connectivity index (χ0n) is 12.6. The fourth-order valence-electron chi connectivity index (χ4n) is 2.05. The van der Waals surface area contributed by atoms with Crippen LogP contribution in [0.15, 0.2) is 29.2 Å². The summed E-state index contributed by atoms with van der Waals surface area (Å²) in [4.78, 5) is 0.951. The van der Waals surface area contributed by atoms with Crippen molar-refractivity contribution in [2.75, 3.05) is 12.3 Å². The molecule has 2 nitrogen and oxygen atoms in total. The first-order valence-electron chi connectivity index (χ1n) is 7.26. The Balaban J connectivity index is 2.69. The minimum atomic E-state index is -0.912. The molecule has 0 heterocycles. The van der Waals surface area contributed by atoms with Crippen LogP contribution in [0, 0.1) is 12.8 Å². The number of aryl methyl sites for hydroxylation is 1. The Labute approximate surface area is 120 Å². The Hall–Kier alpha value is -0.670. The van der Waals surface area contributed by atoms with Crippen molar-refractivity contribution in [1.29, 1.82) is 0 Å². The van der Waals surface area contributed by atoms with E-state index in [-0.39, 0.29) is 0 Å². The lowest BCUT2D eigenvalue weighted by molar-refractivity contribution is 0.394. The zero-order valence-corrected chi connectivity index (χ0v) is 13.4. The van der Waals surface area contributed by atoms with Crippen molar-refractivity contribution in [3.63, 3.8) is 0 Å². The molecular formula is C16H27NOS. The topological polar surface area (TPSA) is 29.1 Å². The van der Waals surface area contributed by atoms with Gasteiger partial charge in [0.05, 0.1) is 10.8 Å². The minimum absolute atomic E-state index is 0.339. The zero-order chi connectivity index (χ0) is 14.3. The van der Waals surface area contributed by atoms with Crippen LogP contribution in [0.5, 0.6) is 0 Å². The van der Waals surface area contributed by atoms with Crippen LogP contribution in [0.2, 0.25) is 0 Å². The molecule has 0 saturated heterocycles. The Bertz CT molecular complexity index is 405. The summed E-state index contributed by atoms with van der Waals surface area (Å²) in [6, 6.07) is 8.37. The molecule has 0 bridgehead atoms. The highest BCUT2D eigenvalue weighted by Crippen LogP contribution is 2.14. The highest BCUT2D eigenvalue weighted by Gasteiger charge is 2.18. The third-order valence-corrected chi connectivity index (χ3v) is 5.01. The van der Waals surface area contributed by atoms with E-state index in [1.165, 1.54) is 5.56 Å². The van der Waals surface area contributed by atoms with Crippen LogP contribution in [0.25, 0.3) is 0 Å². The third-order valence-electron chi connectivity index (χ3n) is 3.57. The van der Waals surface area contributed by atoms with Crippen LogP contribution in [0.3, 0.4) is 0 Å². The van der Waals surface area contributed by atoms with Crippen LogP contribution in [-0.2, 0) is 10.8 Å². The van der Waals surface area contributed by atoms with E-state index in [2.05, 4.69) is 26.1 Å². The number of benzene rings is 1. The van der Waals surface area contributed by atoms with E-state index in [9.17, 15) is 4.21 Å². The highest BCUT2D eigenvalue weighted by molar-refractivity contribution is 7.85. The molecule has 1 rings (SSSR count). The van der Waals surface area contributed by atoms with Crippen molar-refractivity contribution >= 4 is 10.8 Å². The SMILES string of the molecule is CCCNC(CS(=O)c1cccc(C)c1)C(C)CC. The molecule has 1 aromatic rings. The van der Waals surface area contributed by atoms with Gasteiger partial charge in [-0.25, -0.2) is 0 Å². The number of hydrogen-bond acceptors (Lipinski definition) is 2. The summed E-state index contributed by atoms with van der Waals surface area (Å²) in [7, 11) is -0.912. The van der Waals surface area contributed by atoms with Crippen LogP contribution in [-0.4, -0.2) is 22.5 Å². The molecule has 3 unspecified atom stereocenters. The maximum Gasteiger partial charge on any atom is 0.0545 e. The van der Waals surface area contributed by atoms with E-state index in [0.29, 0.717) is 17.7 Å². The monoisotopic (exact) mass is 281 g/mol. The van der Waals surface area contributed by atoms with Crippen molar-refractivity contribution in [2.45, 2.75) is 51.5 Å². The van der Waals surface area contributed by atoms with E-state index in [1.54, 1.807) is 0 Å². The second kappa shape index (κ2) is 8.49. The van der Waals surface area contributed by atoms with Crippen molar-refractivity contribution < 1.29 is 4.21 Å². The minimum Gasteiger partial charge on any atom is -0.313 e. The van der Waals surface area contributed by atoms with Crippen LogP contribution >= 0.6 is 0 Å². The predicted molar refractivity (Wildman–Crippen MR) is 84.0 cm³/mol. The molecule has 1 aromatic carbocycles. The van der Waals surface area contributed by atoms with E-state index in [4.69, 9.17) is 0 Å². The van der Waals surface area contributed by atoms with Crippen molar-refractivity contribution in [3.05, 3.63) is 29.8 Å². The average Bonchev–Trinajstić information content (AvgIpc) is 2.42. The van der Waals surface area contributed by atoms with Gasteiger partial charge in [0.25, 0.3) is 0 Å². The smallest absolute Gasteiger partial charge is 0.0545 e. The molecular weight excluding hydrogens is 254 g/mol. The summed E-state index contributed by atoms with van der Waals surface area (Å²) >= 11 is 0. The van der Waals surface area contributed by atoms with Gasteiger partial charge in [-0.3, -0.25) is 4.21 Å². The quantitative estimate of drug-likeness (QED) is 0.790. The Morgan fingerprint density at radius 1 is 1.32 bits per heavy atom. The molecule has 0 aromatic heterocycles. The van der Waals surface area contributed by atoms with Gasteiger partial charge < -0.3 is 5.32 Å². The van der Waals surface area contributed by atoms with Gasteiger partial charge in [-0.05, 0) is 43.5 Å². The van der Waals surface area contributed by atoms with Gasteiger partial charge in [0.2, 0.25) is 0 Å². The first kappa shape index (κ1) is 16.4. The maximum absolute atomic E-state index is 12.5. The Morgan fingerprint density at radius 2 is 2.05 bits per heavy atom. The van der Waals surface area contributed by atoms with Crippen molar-refractivity contribution in [3.8, 4) is 0 Å². The van der Waals surface area contributed by atoms with E-state index >= 15 is 0 Å². The fraction of sp³-hybridized carbons (Fsp3) is 0.625. The van der Waals surface area contributed by atoms with Crippen LogP contribution < -0.4 is 5.32 Å². The molecule has 0 saturated carbocycles. The lowest BCUT2D eigenvalue weighted by Crippen LogP contribution is -2.39. The van der Waals surface area contributed by atoms with Crippen molar-refractivity contribution in [2.24, 2.45) is 5.92 Å². The molecule has 3 heteroatoms. The molecule has 0 aliphatic carbocycles. The maximum atomic E-state index is 12.5. The molecule has 0 fully saturated rings. The van der Waals surface area contributed by atoms with Gasteiger partial charge in [-0.1, -0.05) is 39.3 Å². The van der Waals surface area contributed by atoms with Gasteiger partial charge in [0.15, 0.2) is 0 Å². The first-order valence-corrected chi connectivity index (χ1v) is 8.58. The molecule has 0 spiro atoms. The predicted octanol–water partition coefficient (Wildman–Crippen LogP) is 3.52. The number of rotatable bonds is 8. The number of hydrogen-bond donors (Lipinski definition) is 1. The summed E-state index contributed by atoms with van der Waals surface area (Å²) in [6.07, 6.45) is 2.23. The van der Waals surface area contributed by atoms with Crippen LogP contribution in [0.1, 0.15) is 39.2 Å². The molecule has 3 atom stereocenters. The average molecular weight is 281 g/mol. The van der Waals surface area contributed by atoms with E-state index in [0.717, 1.165) is 24.3 Å². The standard InChI is InChI=1S/C16H27NOS/c1-5-10-17-16(14(4)6-2)12-19(18)15-9-7-8-13(3)11-15/h7-9,11,14,16-17H,5-6,10,12H2,1-4H3. The van der Waals surface area contributed by atoms with Gasteiger partial charge in [-0.2, -0.15) is 0 Å². The summed E-state index contributed by atoms with van der Waals surface area (Å²) in [6.45, 7) is 9.64. The Morgan fingerprint density at radius 3 is 2.63 bits per heavy atom. The molecule has 19 heavy (non-hydrogen) atoms. The molecule has 108 valence electrons. The Kier molecular flexibility index (Phi) is 7.32. The second-order valence-electron chi connectivity index (χ2n) is 5.27. The highest BCUT2D eigenvalue weighted by atomic mass is 32.2. The summed E-state index contributed by atoms with van der Waals surface area (Å²) in [5, 5.41) is 3.54. The van der Waals surface area contributed by atoms with Crippen molar-refractivity contribution in [1.82, 2.24) is 5.32 Å². The van der Waals surface area contributed by atoms with Gasteiger partial charge in [-0.15, -0.1) is 0 Å². The summed E-state index contributed by atoms with van der Waals surface area (Å²) in [5.41, 5.74) is 1.17. The lowest BCUT2D eigenvalue weighted by atomic mass is 10.0. The molecule has 0 aliphatic heterocycles. The number of nitrogens with one attached hydrogen (secondary N) is 1. The molecule has 1 N–H and O–H groups in total. The third kappa shape index (κ3) is 5.45. The van der Waals surface area contributed by atoms with Crippen LogP contribution in [0.4, 0.5) is 0 Å². The van der Waals surface area contributed by atoms with E-state index in [1.807, 2.05) is 31.2 Å². The fourth-order valence-corrected chi connectivity index (χ4v) is 3.57. The summed E-state index contributed by atoms with van der Waals surface area (Å²) in [5.74, 6) is 1.26. The van der Waals surface area contributed by atoms with E-state index < -0.39 is 10.8 Å². The van der Waals surface area contributed by atoms with Gasteiger partial charge in [0.1, 0.15) is 0 Å². The molecule has 0 aliphatic rings. The van der Waals surface area contributed by atoms with Gasteiger partial charge in [0, 0.05) is 16.7 Å². The lowest BCUT2D eigenvalue weighted by Gasteiger charge is -2.24.